The van der Waals surface area contributed by atoms with Gasteiger partial charge in [0.05, 0.1) is 30.4 Å². The molecule has 2 aliphatic rings. The topological polar surface area (TPSA) is 93.8 Å². The molecule has 2 N–H and O–H groups in total. The summed E-state index contributed by atoms with van der Waals surface area (Å²) < 4.78 is 51.6. The molecule has 12 heteroatoms. The van der Waals surface area contributed by atoms with Crippen LogP contribution in [-0.2, 0) is 20.8 Å². The third-order valence-corrected chi connectivity index (χ3v) is 6.28. The number of imidazole rings is 1. The van der Waals surface area contributed by atoms with E-state index in [2.05, 4.69) is 25.2 Å². The minimum atomic E-state index is -0.651. The van der Waals surface area contributed by atoms with Crippen LogP contribution in [0, 0.1) is 11.6 Å². The zero-order valence-corrected chi connectivity index (χ0v) is 20.0. The molecule has 0 saturated carbocycles. The maximum absolute atomic E-state index is 13.9. The highest BCUT2D eigenvalue weighted by Crippen LogP contribution is 2.32. The van der Waals surface area contributed by atoms with Crippen LogP contribution < -0.4 is 10.1 Å². The normalized spacial score (nSPS) is 23.8. The van der Waals surface area contributed by atoms with Crippen molar-refractivity contribution in [3.8, 4) is 6.01 Å². The molecule has 3 aromatic rings. The van der Waals surface area contributed by atoms with E-state index in [4.69, 9.17) is 30.5 Å². The Bertz CT molecular complexity index is 1180. The quantitative estimate of drug-likeness (QED) is 0.455. The molecule has 188 valence electrons. The van der Waals surface area contributed by atoms with Gasteiger partial charge in [0.25, 0.3) is 6.01 Å². The number of benzene rings is 1. The highest BCUT2D eigenvalue weighted by Gasteiger charge is 2.49. The molecule has 0 amide bonds. The van der Waals surface area contributed by atoms with Gasteiger partial charge in [0.15, 0.2) is 11.8 Å². The first-order valence-corrected chi connectivity index (χ1v) is 11.7. The standard InChI is InChI=1S/C23H26ClF2N5O4/c1-31(2)6-7-32-17-10-33-20-18(11-34-19(17)20)35-23-28-16-8-13(24)21(29-22(16)30-23)27-9-12-14(25)4-3-5-15(12)26/h3-5,8,17-20H,6-7,9-11H2,1-2H3,(H2,27,28,29,30)/t17-,18-,19?,20-/m1/s1. The zero-order chi connectivity index (χ0) is 24.5. The summed E-state index contributed by atoms with van der Waals surface area (Å²) in [4.78, 5) is 13.9. The molecule has 4 atom stereocenters. The maximum atomic E-state index is 13.9. The largest absolute Gasteiger partial charge is 0.456 e. The highest BCUT2D eigenvalue weighted by molar-refractivity contribution is 6.33. The van der Waals surface area contributed by atoms with E-state index >= 15 is 0 Å². The van der Waals surface area contributed by atoms with E-state index < -0.39 is 11.6 Å². The number of H-pyrrole nitrogens is 1. The van der Waals surface area contributed by atoms with Crippen LogP contribution in [-0.4, -0.2) is 84.7 Å². The average molecular weight is 510 g/mol. The summed E-state index contributed by atoms with van der Waals surface area (Å²) in [6, 6.07) is 5.57. The van der Waals surface area contributed by atoms with Gasteiger partial charge in [-0.25, -0.2) is 13.8 Å². The molecule has 0 radical (unpaired) electrons. The molecule has 0 aliphatic carbocycles. The average Bonchev–Trinajstić information content (AvgIpc) is 3.50. The molecule has 0 spiro atoms. The SMILES string of the molecule is CN(C)CCO[C@@H]1CO[C@H]2C1OC[C@H]2Oc1nc2nc(NCc3c(F)cccc3F)c(Cl)cc2[nH]1. The van der Waals surface area contributed by atoms with Crippen molar-refractivity contribution in [2.75, 3.05) is 45.8 Å². The Balaban J connectivity index is 1.23. The number of hydrogen-bond donors (Lipinski definition) is 2. The highest BCUT2D eigenvalue weighted by atomic mass is 35.5. The van der Waals surface area contributed by atoms with Crippen LogP contribution >= 0.6 is 11.6 Å². The third-order valence-electron chi connectivity index (χ3n) is 6.00. The van der Waals surface area contributed by atoms with Gasteiger partial charge in [0.2, 0.25) is 0 Å². The van der Waals surface area contributed by atoms with Gasteiger partial charge in [-0.3, -0.25) is 0 Å². The molecule has 2 fully saturated rings. The van der Waals surface area contributed by atoms with Gasteiger partial charge in [-0.15, -0.1) is 0 Å². The number of anilines is 1. The summed E-state index contributed by atoms with van der Waals surface area (Å²) in [6.45, 7) is 2.07. The molecule has 1 aromatic carbocycles. The van der Waals surface area contributed by atoms with Crippen LogP contribution in [0.5, 0.6) is 6.01 Å². The van der Waals surface area contributed by atoms with Crippen molar-refractivity contribution in [3.05, 3.63) is 46.5 Å². The van der Waals surface area contributed by atoms with Crippen molar-refractivity contribution in [1.82, 2.24) is 19.9 Å². The summed E-state index contributed by atoms with van der Waals surface area (Å²) in [7, 11) is 3.98. The molecular formula is C23H26ClF2N5O4. The molecule has 2 aromatic heterocycles. The minimum Gasteiger partial charge on any atom is -0.456 e. The second-order valence-electron chi connectivity index (χ2n) is 8.75. The summed E-state index contributed by atoms with van der Waals surface area (Å²) in [5.74, 6) is -1.05. The van der Waals surface area contributed by atoms with Crippen LogP contribution in [0.25, 0.3) is 11.2 Å². The summed E-state index contributed by atoms with van der Waals surface area (Å²) in [5.41, 5.74) is 0.793. The van der Waals surface area contributed by atoms with Gasteiger partial charge in [-0.05, 0) is 32.3 Å². The molecule has 2 saturated heterocycles. The molecule has 1 unspecified atom stereocenters. The lowest BCUT2D eigenvalue weighted by Gasteiger charge is -2.18. The molecule has 9 nitrogen and oxygen atoms in total. The predicted molar refractivity (Wildman–Crippen MR) is 125 cm³/mol. The Labute approximate surface area is 205 Å². The van der Waals surface area contributed by atoms with E-state index in [0.29, 0.717) is 31.0 Å². The van der Waals surface area contributed by atoms with Gasteiger partial charge in [0, 0.05) is 18.7 Å². The Kier molecular flexibility index (Phi) is 7.03. The number of likely N-dealkylation sites (N-methyl/N-ethyl adjacent to an activating group) is 1. The summed E-state index contributed by atoms with van der Waals surface area (Å²) in [5, 5.41) is 3.14. The van der Waals surface area contributed by atoms with Gasteiger partial charge in [0.1, 0.15) is 35.8 Å². The first kappa shape index (κ1) is 24.1. The first-order chi connectivity index (χ1) is 16.9. The van der Waals surface area contributed by atoms with E-state index in [1.807, 2.05) is 14.1 Å². The lowest BCUT2D eigenvalue weighted by atomic mass is 10.1. The number of nitrogens with zero attached hydrogens (tertiary/aromatic N) is 3. The molecular weight excluding hydrogens is 484 g/mol. The van der Waals surface area contributed by atoms with Crippen molar-refractivity contribution in [1.29, 1.82) is 0 Å². The van der Waals surface area contributed by atoms with Crippen molar-refractivity contribution in [2.45, 2.75) is 31.0 Å². The Morgan fingerprint density at radius 2 is 1.86 bits per heavy atom. The van der Waals surface area contributed by atoms with Gasteiger partial charge in [-0.2, -0.15) is 4.98 Å². The van der Waals surface area contributed by atoms with E-state index in [-0.39, 0.29) is 53.4 Å². The summed E-state index contributed by atoms with van der Waals surface area (Å²) >= 11 is 6.32. The summed E-state index contributed by atoms with van der Waals surface area (Å²) in [6.07, 6.45) is -0.969. The fourth-order valence-corrected chi connectivity index (χ4v) is 4.37. The second-order valence-corrected chi connectivity index (χ2v) is 9.16. The van der Waals surface area contributed by atoms with E-state index in [9.17, 15) is 8.78 Å². The minimum absolute atomic E-state index is 0.104. The fourth-order valence-electron chi connectivity index (χ4n) is 4.15. The van der Waals surface area contributed by atoms with Crippen molar-refractivity contribution in [2.24, 2.45) is 0 Å². The fraction of sp³-hybridized carbons (Fsp3) is 0.478. The van der Waals surface area contributed by atoms with E-state index in [0.717, 1.165) is 6.54 Å². The van der Waals surface area contributed by atoms with Crippen LogP contribution in [0.4, 0.5) is 14.6 Å². The zero-order valence-electron chi connectivity index (χ0n) is 19.3. The lowest BCUT2D eigenvalue weighted by molar-refractivity contribution is -0.0384. The van der Waals surface area contributed by atoms with Crippen LogP contribution in [0.15, 0.2) is 24.3 Å². The van der Waals surface area contributed by atoms with Gasteiger partial charge >= 0.3 is 0 Å². The van der Waals surface area contributed by atoms with Crippen molar-refractivity contribution >= 4 is 28.6 Å². The number of nitrogens with one attached hydrogen (secondary N) is 2. The van der Waals surface area contributed by atoms with Crippen LogP contribution in [0.2, 0.25) is 5.02 Å². The second kappa shape index (κ2) is 10.2. The Morgan fingerprint density at radius 3 is 2.60 bits per heavy atom. The van der Waals surface area contributed by atoms with Crippen LogP contribution in [0.1, 0.15) is 5.56 Å². The van der Waals surface area contributed by atoms with Gasteiger partial charge in [-0.1, -0.05) is 17.7 Å². The number of fused-ring (bicyclic) bond motifs is 2. The number of halogens is 3. The Hall–Kier alpha value is -2.57. The monoisotopic (exact) mass is 509 g/mol. The third kappa shape index (κ3) is 5.19. The lowest BCUT2D eigenvalue weighted by Crippen LogP contribution is -2.36. The van der Waals surface area contributed by atoms with Crippen molar-refractivity contribution in [3.63, 3.8) is 0 Å². The number of aromatic amines is 1. The first-order valence-electron chi connectivity index (χ1n) is 11.3. The number of rotatable bonds is 9. The Morgan fingerprint density at radius 1 is 1.14 bits per heavy atom. The van der Waals surface area contributed by atoms with Crippen LogP contribution in [0.3, 0.4) is 0 Å². The number of hydrogen-bond acceptors (Lipinski definition) is 8. The smallest absolute Gasteiger partial charge is 0.296 e. The van der Waals surface area contributed by atoms with Crippen molar-refractivity contribution < 1.29 is 27.7 Å². The molecule has 0 bridgehead atoms. The number of aromatic nitrogens is 3. The number of ether oxygens (including phenoxy) is 4. The van der Waals surface area contributed by atoms with E-state index in [1.54, 1.807) is 6.07 Å². The molecule has 2 aliphatic heterocycles. The predicted octanol–water partition coefficient (Wildman–Crippen LogP) is 2.99. The maximum Gasteiger partial charge on any atom is 0.296 e. The number of pyridine rings is 1. The molecule has 5 rings (SSSR count). The molecule has 4 heterocycles. The van der Waals surface area contributed by atoms with Gasteiger partial charge < -0.3 is 34.1 Å². The molecule has 35 heavy (non-hydrogen) atoms. The van der Waals surface area contributed by atoms with E-state index in [1.165, 1.54) is 18.2 Å².